The van der Waals surface area contributed by atoms with Crippen molar-refractivity contribution in [1.82, 2.24) is 0 Å². The van der Waals surface area contributed by atoms with Gasteiger partial charge in [0.1, 0.15) is 0 Å². The molecule has 2 rings (SSSR count). The number of ether oxygens (including phenoxy) is 2. The van der Waals surface area contributed by atoms with Crippen molar-refractivity contribution in [2.45, 2.75) is 13.8 Å². The van der Waals surface area contributed by atoms with Crippen LogP contribution < -0.4 is 9.47 Å². The van der Waals surface area contributed by atoms with Gasteiger partial charge in [-0.25, -0.2) is 0 Å². The van der Waals surface area contributed by atoms with Gasteiger partial charge in [0, 0.05) is 11.5 Å². The lowest BCUT2D eigenvalue weighted by atomic mass is 9.88. The number of aliphatic hydroxyl groups is 1. The number of ketones is 1. The monoisotopic (exact) mass is 236 g/mol. The van der Waals surface area contributed by atoms with E-state index in [4.69, 9.17) is 9.47 Å². The number of aliphatic hydroxyl groups excluding tert-OH is 1. The highest BCUT2D eigenvalue weighted by atomic mass is 16.7. The molecule has 4 nitrogen and oxygen atoms in total. The molecule has 0 spiro atoms. The molecule has 1 aliphatic heterocycles. The van der Waals surface area contributed by atoms with Crippen LogP contribution in [0, 0.1) is 11.8 Å². The van der Waals surface area contributed by atoms with Crippen LogP contribution in [0.2, 0.25) is 0 Å². The molecule has 1 N–H and O–H groups in total. The first kappa shape index (κ1) is 11.9. The number of hydrogen-bond donors (Lipinski definition) is 1. The highest BCUT2D eigenvalue weighted by Crippen LogP contribution is 2.33. The van der Waals surface area contributed by atoms with Gasteiger partial charge in [0.15, 0.2) is 17.3 Å². The minimum absolute atomic E-state index is 0.0548. The normalized spacial score (nSPS) is 15.1. The molecule has 1 aromatic rings. The van der Waals surface area contributed by atoms with E-state index in [0.717, 1.165) is 0 Å². The van der Waals surface area contributed by atoms with Crippen LogP contribution in [0.4, 0.5) is 0 Å². The zero-order valence-electron chi connectivity index (χ0n) is 9.97. The lowest BCUT2D eigenvalue weighted by molar-refractivity contribution is 0.0806. The topological polar surface area (TPSA) is 55.8 Å². The standard InChI is InChI=1S/C13H16O4/c1-8(2)10(6-14)13(15)9-3-4-11-12(5-9)17-7-16-11/h3-5,8,10,14H,6-7H2,1-2H3. The molecule has 0 saturated heterocycles. The van der Waals surface area contributed by atoms with Gasteiger partial charge in [-0.15, -0.1) is 0 Å². The fraction of sp³-hybridized carbons (Fsp3) is 0.462. The first-order valence-corrected chi connectivity index (χ1v) is 5.68. The first-order valence-electron chi connectivity index (χ1n) is 5.68. The molecule has 17 heavy (non-hydrogen) atoms. The third kappa shape index (κ3) is 2.26. The average Bonchev–Trinajstić information content (AvgIpc) is 2.75. The van der Waals surface area contributed by atoms with E-state index in [1.807, 2.05) is 13.8 Å². The summed E-state index contributed by atoms with van der Waals surface area (Å²) < 4.78 is 10.4. The van der Waals surface area contributed by atoms with Crippen LogP contribution in [-0.2, 0) is 0 Å². The van der Waals surface area contributed by atoms with Crippen LogP contribution in [0.5, 0.6) is 11.5 Å². The molecule has 0 saturated carbocycles. The van der Waals surface area contributed by atoms with Crippen molar-refractivity contribution in [3.8, 4) is 11.5 Å². The number of benzene rings is 1. The van der Waals surface area contributed by atoms with Crippen molar-refractivity contribution in [2.75, 3.05) is 13.4 Å². The summed E-state index contributed by atoms with van der Waals surface area (Å²) in [6.45, 7) is 3.91. The molecular formula is C13H16O4. The fourth-order valence-corrected chi connectivity index (χ4v) is 1.86. The number of carbonyl (C=O) groups is 1. The van der Waals surface area contributed by atoms with Crippen LogP contribution in [0.3, 0.4) is 0 Å². The lowest BCUT2D eigenvalue weighted by Crippen LogP contribution is -2.24. The Labute approximate surface area is 100 Å². The van der Waals surface area contributed by atoms with Gasteiger partial charge in [-0.3, -0.25) is 4.79 Å². The van der Waals surface area contributed by atoms with E-state index >= 15 is 0 Å². The summed E-state index contributed by atoms with van der Waals surface area (Å²) in [5, 5.41) is 9.24. The summed E-state index contributed by atoms with van der Waals surface area (Å²) in [5.74, 6) is 0.942. The van der Waals surface area contributed by atoms with E-state index in [2.05, 4.69) is 0 Å². The summed E-state index contributed by atoms with van der Waals surface area (Å²) in [6.07, 6.45) is 0. The van der Waals surface area contributed by atoms with Crippen molar-refractivity contribution in [2.24, 2.45) is 11.8 Å². The van der Waals surface area contributed by atoms with Gasteiger partial charge < -0.3 is 14.6 Å². The summed E-state index contributed by atoms with van der Waals surface area (Å²) in [6, 6.07) is 5.11. The molecule has 1 atom stereocenters. The van der Waals surface area contributed by atoms with E-state index in [0.29, 0.717) is 17.1 Å². The number of fused-ring (bicyclic) bond motifs is 1. The van der Waals surface area contributed by atoms with Crippen molar-refractivity contribution in [3.05, 3.63) is 23.8 Å². The fourth-order valence-electron chi connectivity index (χ4n) is 1.86. The molecule has 1 aliphatic rings. The largest absolute Gasteiger partial charge is 0.454 e. The maximum Gasteiger partial charge on any atom is 0.231 e. The average molecular weight is 236 g/mol. The zero-order valence-corrected chi connectivity index (χ0v) is 9.97. The van der Waals surface area contributed by atoms with E-state index in [-0.39, 0.29) is 31.0 Å². The molecule has 0 aromatic heterocycles. The Kier molecular flexibility index (Phi) is 3.33. The predicted octanol–water partition coefficient (Wildman–Crippen LogP) is 1.86. The second-order valence-corrected chi connectivity index (χ2v) is 4.47. The molecule has 92 valence electrons. The van der Waals surface area contributed by atoms with Crippen LogP contribution in [-0.4, -0.2) is 24.3 Å². The maximum absolute atomic E-state index is 12.2. The number of carbonyl (C=O) groups excluding carboxylic acids is 1. The number of hydrogen-bond acceptors (Lipinski definition) is 4. The van der Waals surface area contributed by atoms with E-state index in [1.54, 1.807) is 18.2 Å². The van der Waals surface area contributed by atoms with Gasteiger partial charge in [0.05, 0.1) is 6.61 Å². The smallest absolute Gasteiger partial charge is 0.231 e. The molecule has 0 fully saturated rings. The Morgan fingerprint density at radius 2 is 2.06 bits per heavy atom. The van der Waals surface area contributed by atoms with Crippen LogP contribution in [0.25, 0.3) is 0 Å². The molecule has 0 bridgehead atoms. The minimum atomic E-state index is -0.365. The third-order valence-corrected chi connectivity index (χ3v) is 3.00. The Balaban J connectivity index is 2.25. The summed E-state index contributed by atoms with van der Waals surface area (Å²) in [4.78, 5) is 12.2. The zero-order chi connectivity index (χ0) is 12.4. The Morgan fingerprint density at radius 3 is 2.71 bits per heavy atom. The highest BCUT2D eigenvalue weighted by Gasteiger charge is 2.24. The predicted molar refractivity (Wildman–Crippen MR) is 62.3 cm³/mol. The van der Waals surface area contributed by atoms with Gasteiger partial charge in [-0.05, 0) is 24.1 Å². The summed E-state index contributed by atoms with van der Waals surface area (Å²) in [7, 11) is 0. The van der Waals surface area contributed by atoms with E-state index in [9.17, 15) is 9.90 Å². The molecule has 0 aliphatic carbocycles. The van der Waals surface area contributed by atoms with Crippen molar-refractivity contribution in [3.63, 3.8) is 0 Å². The van der Waals surface area contributed by atoms with Gasteiger partial charge in [-0.1, -0.05) is 13.8 Å². The Morgan fingerprint density at radius 1 is 1.35 bits per heavy atom. The van der Waals surface area contributed by atoms with Crippen LogP contribution in [0.1, 0.15) is 24.2 Å². The van der Waals surface area contributed by atoms with E-state index in [1.165, 1.54) is 0 Å². The minimum Gasteiger partial charge on any atom is -0.454 e. The van der Waals surface area contributed by atoms with Crippen molar-refractivity contribution in [1.29, 1.82) is 0 Å². The molecule has 0 radical (unpaired) electrons. The van der Waals surface area contributed by atoms with Gasteiger partial charge >= 0.3 is 0 Å². The molecule has 0 amide bonds. The summed E-state index contributed by atoms with van der Waals surface area (Å²) in [5.41, 5.74) is 0.557. The Hall–Kier alpha value is -1.55. The third-order valence-electron chi connectivity index (χ3n) is 3.00. The van der Waals surface area contributed by atoms with Crippen molar-refractivity contribution < 1.29 is 19.4 Å². The summed E-state index contributed by atoms with van der Waals surface area (Å²) >= 11 is 0. The van der Waals surface area contributed by atoms with Crippen molar-refractivity contribution >= 4 is 5.78 Å². The highest BCUT2D eigenvalue weighted by molar-refractivity contribution is 5.98. The number of Topliss-reactive ketones (excluding diaryl/α,β-unsaturated/α-hetero) is 1. The van der Waals surface area contributed by atoms with Gasteiger partial charge in [0.2, 0.25) is 6.79 Å². The van der Waals surface area contributed by atoms with Crippen LogP contribution in [0.15, 0.2) is 18.2 Å². The van der Waals surface area contributed by atoms with Gasteiger partial charge in [-0.2, -0.15) is 0 Å². The van der Waals surface area contributed by atoms with Gasteiger partial charge in [0.25, 0.3) is 0 Å². The lowest BCUT2D eigenvalue weighted by Gasteiger charge is -2.16. The first-order chi connectivity index (χ1) is 8.13. The molecule has 4 heteroatoms. The molecular weight excluding hydrogens is 220 g/mol. The quantitative estimate of drug-likeness (QED) is 0.811. The second-order valence-electron chi connectivity index (χ2n) is 4.47. The maximum atomic E-state index is 12.2. The second kappa shape index (κ2) is 4.75. The number of rotatable bonds is 4. The Bertz CT molecular complexity index is 425. The van der Waals surface area contributed by atoms with E-state index < -0.39 is 0 Å². The van der Waals surface area contributed by atoms with Crippen LogP contribution >= 0.6 is 0 Å². The molecule has 1 heterocycles. The molecule has 1 unspecified atom stereocenters. The SMILES string of the molecule is CC(C)C(CO)C(=O)c1ccc2c(c1)OCO2. The molecule has 1 aromatic carbocycles.